The van der Waals surface area contributed by atoms with Crippen LogP contribution in [0.15, 0.2) is 24.4 Å². The van der Waals surface area contributed by atoms with Crippen LogP contribution < -0.4 is 15.0 Å². The van der Waals surface area contributed by atoms with Crippen LogP contribution in [-0.2, 0) is 9.53 Å². The molecule has 0 radical (unpaired) electrons. The molecule has 1 aromatic carbocycles. The first-order chi connectivity index (χ1) is 16.8. The lowest BCUT2D eigenvalue weighted by Crippen LogP contribution is -2.48. The molecule has 0 bridgehead atoms. The van der Waals surface area contributed by atoms with E-state index in [0.29, 0.717) is 23.9 Å². The number of hydrogen-bond acceptors (Lipinski definition) is 8. The predicted molar refractivity (Wildman–Crippen MR) is 144 cm³/mol. The maximum absolute atomic E-state index is 13.1. The van der Waals surface area contributed by atoms with Crippen molar-refractivity contribution in [1.82, 2.24) is 15.2 Å². The molecule has 1 fully saturated rings. The summed E-state index contributed by atoms with van der Waals surface area (Å²) in [7, 11) is 2.07. The number of hydrogen-bond donors (Lipinski definition) is 1. The molecule has 4 heterocycles. The Bertz CT molecular complexity index is 1300. The molecule has 2 aromatic heterocycles. The summed E-state index contributed by atoms with van der Waals surface area (Å²) >= 11 is 1.47. The van der Waals surface area contributed by atoms with Gasteiger partial charge in [-0.25, -0.2) is 4.98 Å². The van der Waals surface area contributed by atoms with E-state index in [-0.39, 0.29) is 28.6 Å². The fourth-order valence-electron chi connectivity index (χ4n) is 5.48. The molecular formula is C27H35N5O3S. The van der Waals surface area contributed by atoms with Gasteiger partial charge in [0.25, 0.3) is 5.88 Å². The average Bonchev–Trinajstić information content (AvgIpc) is 3.18. The van der Waals surface area contributed by atoms with E-state index in [1.54, 1.807) is 0 Å². The molecule has 1 amide bonds. The zero-order valence-electron chi connectivity index (χ0n) is 22.1. The van der Waals surface area contributed by atoms with Gasteiger partial charge in [0.1, 0.15) is 11.3 Å². The van der Waals surface area contributed by atoms with Crippen LogP contribution in [0.1, 0.15) is 60.8 Å². The second-order valence-electron chi connectivity index (χ2n) is 11.9. The van der Waals surface area contributed by atoms with Crippen molar-refractivity contribution >= 4 is 39.0 Å². The van der Waals surface area contributed by atoms with Crippen molar-refractivity contribution in [3.05, 3.63) is 24.4 Å². The van der Waals surface area contributed by atoms with E-state index >= 15 is 0 Å². The maximum Gasteiger partial charge on any atom is 0.258 e. The minimum Gasteiger partial charge on any atom is -0.469 e. The van der Waals surface area contributed by atoms with Crippen LogP contribution in [0.4, 0.5) is 10.8 Å². The second kappa shape index (κ2) is 8.66. The normalized spacial score (nSPS) is 20.9. The van der Waals surface area contributed by atoms with Crippen molar-refractivity contribution in [2.75, 3.05) is 23.8 Å². The highest BCUT2D eigenvalue weighted by molar-refractivity contribution is 7.19. The molecule has 0 saturated carbocycles. The van der Waals surface area contributed by atoms with Crippen LogP contribution in [0.5, 0.6) is 5.88 Å². The molecule has 36 heavy (non-hydrogen) atoms. The molecule has 8 nitrogen and oxygen atoms in total. The summed E-state index contributed by atoms with van der Waals surface area (Å²) in [5.41, 5.74) is 1.80. The second-order valence-corrected chi connectivity index (χ2v) is 12.9. The van der Waals surface area contributed by atoms with Gasteiger partial charge in [0.05, 0.1) is 21.6 Å². The Morgan fingerprint density at radius 1 is 1.08 bits per heavy atom. The summed E-state index contributed by atoms with van der Waals surface area (Å²) in [5, 5.41) is 13.4. The first kappa shape index (κ1) is 24.9. The van der Waals surface area contributed by atoms with E-state index in [2.05, 4.69) is 52.4 Å². The first-order valence-electron chi connectivity index (χ1n) is 12.5. The smallest absolute Gasteiger partial charge is 0.258 e. The van der Waals surface area contributed by atoms with Gasteiger partial charge in [-0.05, 0) is 72.1 Å². The number of carbonyl (C=O) groups is 1. The number of fused-ring (bicyclic) bond motifs is 3. The van der Waals surface area contributed by atoms with E-state index in [9.17, 15) is 4.79 Å². The van der Waals surface area contributed by atoms with Gasteiger partial charge in [0.15, 0.2) is 5.13 Å². The van der Waals surface area contributed by atoms with Crippen LogP contribution in [0.2, 0.25) is 0 Å². The van der Waals surface area contributed by atoms with Crippen LogP contribution in [0.3, 0.4) is 0 Å². The zero-order valence-corrected chi connectivity index (χ0v) is 23.0. The third kappa shape index (κ3) is 5.04. The number of anilines is 2. The third-order valence-corrected chi connectivity index (χ3v) is 7.89. The lowest BCUT2D eigenvalue weighted by atomic mass is 9.80. The van der Waals surface area contributed by atoms with Gasteiger partial charge in [-0.3, -0.25) is 4.79 Å². The number of amides is 1. The van der Waals surface area contributed by atoms with E-state index in [0.717, 1.165) is 40.0 Å². The Hall–Kier alpha value is -2.78. The van der Waals surface area contributed by atoms with Gasteiger partial charge in [-0.2, -0.15) is 0 Å². The highest BCUT2D eigenvalue weighted by Crippen LogP contribution is 2.41. The van der Waals surface area contributed by atoms with Crippen molar-refractivity contribution in [3.8, 4) is 16.3 Å². The molecular weight excluding hydrogens is 474 g/mol. The number of carbonyl (C=O) groups excluding carboxylic acids is 1. The Balaban J connectivity index is 1.41. The lowest BCUT2D eigenvalue weighted by molar-refractivity contribution is -0.176. The van der Waals surface area contributed by atoms with E-state index in [4.69, 9.17) is 9.47 Å². The SMILES string of the molecule is CN1CCC(C)(C)Oc2nnc3ccc(-c4cnc(NC(=O)C5CC(C)(C)OC(C)(C)C5)s4)cc3c21. The van der Waals surface area contributed by atoms with E-state index < -0.39 is 0 Å². The molecule has 2 aliphatic heterocycles. The van der Waals surface area contributed by atoms with Gasteiger partial charge >= 0.3 is 0 Å². The molecule has 0 atom stereocenters. The van der Waals surface area contributed by atoms with Crippen molar-refractivity contribution in [1.29, 1.82) is 0 Å². The number of ether oxygens (including phenoxy) is 2. The van der Waals surface area contributed by atoms with Crippen molar-refractivity contribution in [3.63, 3.8) is 0 Å². The van der Waals surface area contributed by atoms with Gasteiger partial charge in [-0.15, -0.1) is 10.2 Å². The molecule has 2 aliphatic rings. The highest BCUT2D eigenvalue weighted by Gasteiger charge is 2.42. The average molecular weight is 510 g/mol. The standard InChI is InChI=1S/C27H35N5O3S/c1-25(2)10-11-32(7)21-18-12-16(8-9-19(18)30-31-23(21)34-25)20-15-28-24(36-20)29-22(33)17-13-26(3,4)35-27(5,6)14-17/h8-9,12,15,17H,10-11,13-14H2,1-7H3,(H,28,29,33). The molecule has 0 unspecified atom stereocenters. The highest BCUT2D eigenvalue weighted by atomic mass is 32.1. The Kier molecular flexibility index (Phi) is 5.99. The first-order valence-corrected chi connectivity index (χ1v) is 13.3. The number of nitrogens with one attached hydrogen (secondary N) is 1. The largest absolute Gasteiger partial charge is 0.469 e. The fraction of sp³-hybridized carbons (Fsp3) is 0.556. The number of aromatic nitrogens is 3. The summed E-state index contributed by atoms with van der Waals surface area (Å²) in [4.78, 5) is 20.8. The molecule has 0 spiro atoms. The molecule has 3 aromatic rings. The zero-order chi connectivity index (χ0) is 25.9. The van der Waals surface area contributed by atoms with Gasteiger partial charge in [-0.1, -0.05) is 17.4 Å². The number of thiazole rings is 1. The van der Waals surface area contributed by atoms with Crippen molar-refractivity contribution < 1.29 is 14.3 Å². The summed E-state index contributed by atoms with van der Waals surface area (Å²) in [5.74, 6) is 0.440. The van der Waals surface area contributed by atoms with E-state index in [1.165, 1.54) is 11.3 Å². The maximum atomic E-state index is 13.1. The molecule has 1 N–H and O–H groups in total. The fourth-order valence-corrected chi connectivity index (χ4v) is 6.29. The molecule has 5 rings (SSSR count). The topological polar surface area (TPSA) is 89.5 Å². The molecule has 0 aliphatic carbocycles. The summed E-state index contributed by atoms with van der Waals surface area (Å²) in [6.07, 6.45) is 4.07. The Morgan fingerprint density at radius 2 is 1.81 bits per heavy atom. The summed E-state index contributed by atoms with van der Waals surface area (Å²) in [6.45, 7) is 13.2. The Labute approximate surface area is 216 Å². The quantitative estimate of drug-likeness (QED) is 0.486. The van der Waals surface area contributed by atoms with E-state index in [1.807, 2.05) is 46.0 Å². The van der Waals surface area contributed by atoms with Gasteiger partial charge in [0, 0.05) is 37.5 Å². The Morgan fingerprint density at radius 3 is 2.53 bits per heavy atom. The van der Waals surface area contributed by atoms with Crippen LogP contribution in [0.25, 0.3) is 21.3 Å². The van der Waals surface area contributed by atoms with Crippen LogP contribution in [-0.4, -0.2) is 51.5 Å². The van der Waals surface area contributed by atoms with Gasteiger partial charge in [0.2, 0.25) is 5.91 Å². The lowest BCUT2D eigenvalue weighted by Gasteiger charge is -2.44. The molecule has 9 heteroatoms. The van der Waals surface area contributed by atoms with Crippen molar-refractivity contribution in [2.45, 2.75) is 77.6 Å². The predicted octanol–water partition coefficient (Wildman–Crippen LogP) is 5.67. The van der Waals surface area contributed by atoms with Crippen LogP contribution >= 0.6 is 11.3 Å². The number of rotatable bonds is 3. The minimum absolute atomic E-state index is 0.000781. The number of nitrogens with zero attached hydrogens (tertiary/aromatic N) is 4. The summed E-state index contributed by atoms with van der Waals surface area (Å²) in [6, 6.07) is 6.11. The summed E-state index contributed by atoms with van der Waals surface area (Å²) < 4.78 is 12.4. The monoisotopic (exact) mass is 509 g/mol. The third-order valence-electron chi connectivity index (χ3n) is 6.93. The molecule has 192 valence electrons. The van der Waals surface area contributed by atoms with Crippen LogP contribution in [0, 0.1) is 5.92 Å². The van der Waals surface area contributed by atoms with Crippen molar-refractivity contribution in [2.24, 2.45) is 5.92 Å². The number of benzene rings is 1. The van der Waals surface area contributed by atoms with Gasteiger partial charge < -0.3 is 19.7 Å². The molecule has 1 saturated heterocycles. The minimum atomic E-state index is -0.337.